The number of rotatable bonds is 6. The molecule has 116 valence electrons. The van der Waals surface area contributed by atoms with Gasteiger partial charge in [0.25, 0.3) is 5.91 Å². The summed E-state index contributed by atoms with van der Waals surface area (Å²) in [4.78, 5) is 16.2. The Hall–Kier alpha value is -1.75. The van der Waals surface area contributed by atoms with Gasteiger partial charge in [-0.3, -0.25) is 4.79 Å². The van der Waals surface area contributed by atoms with Gasteiger partial charge in [-0.2, -0.15) is 0 Å². The largest absolute Gasteiger partial charge is 0.493 e. The molecular weight excluding hydrogens is 268 g/mol. The van der Waals surface area contributed by atoms with E-state index < -0.39 is 0 Å². The molecule has 0 radical (unpaired) electrons. The minimum Gasteiger partial charge on any atom is -0.493 e. The van der Waals surface area contributed by atoms with Gasteiger partial charge in [0.1, 0.15) is 11.5 Å². The minimum absolute atomic E-state index is 0.0444. The number of hydrogen-bond acceptors (Lipinski definition) is 4. The number of nitrogens with zero attached hydrogens (tertiary/aromatic N) is 2. The molecule has 2 rings (SSSR count). The lowest BCUT2D eigenvalue weighted by Gasteiger charge is -2.32. The van der Waals surface area contributed by atoms with E-state index in [-0.39, 0.29) is 12.5 Å². The van der Waals surface area contributed by atoms with Gasteiger partial charge in [0.05, 0.1) is 6.61 Å². The number of likely N-dealkylation sites (N-methyl/N-ethyl adjacent to an activating group) is 1. The predicted octanol–water partition coefficient (Wildman–Crippen LogP) is 1.63. The van der Waals surface area contributed by atoms with E-state index in [0.29, 0.717) is 12.4 Å². The van der Waals surface area contributed by atoms with Crippen LogP contribution in [0.15, 0.2) is 24.3 Å². The zero-order chi connectivity index (χ0) is 15.1. The molecule has 5 heteroatoms. The van der Waals surface area contributed by atoms with Crippen LogP contribution in [0.2, 0.25) is 0 Å². The Labute approximate surface area is 126 Å². The lowest BCUT2D eigenvalue weighted by atomic mass is 10.3. The van der Waals surface area contributed by atoms with E-state index in [1.807, 2.05) is 29.2 Å². The molecule has 1 aliphatic heterocycles. The van der Waals surface area contributed by atoms with Gasteiger partial charge >= 0.3 is 0 Å². The van der Waals surface area contributed by atoms with Crippen LogP contribution in [0.3, 0.4) is 0 Å². The molecule has 1 heterocycles. The maximum Gasteiger partial charge on any atom is 0.260 e. The van der Waals surface area contributed by atoms with Crippen LogP contribution >= 0.6 is 0 Å². The number of hydrogen-bond donors (Lipinski definition) is 0. The second-order valence-corrected chi connectivity index (χ2v) is 5.30. The Bertz CT molecular complexity index is 457. The van der Waals surface area contributed by atoms with Gasteiger partial charge in [0, 0.05) is 32.2 Å². The van der Waals surface area contributed by atoms with E-state index in [0.717, 1.165) is 38.3 Å². The van der Waals surface area contributed by atoms with Crippen LogP contribution in [0.5, 0.6) is 11.5 Å². The number of ether oxygens (including phenoxy) is 2. The van der Waals surface area contributed by atoms with Crippen LogP contribution in [-0.2, 0) is 4.79 Å². The average Bonchev–Trinajstić information content (AvgIpc) is 2.52. The molecule has 0 spiro atoms. The quantitative estimate of drug-likeness (QED) is 0.799. The maximum absolute atomic E-state index is 12.1. The Morgan fingerprint density at radius 3 is 2.48 bits per heavy atom. The third kappa shape index (κ3) is 4.93. The summed E-state index contributed by atoms with van der Waals surface area (Å²) in [5, 5.41) is 0. The topological polar surface area (TPSA) is 42.0 Å². The molecule has 1 aromatic carbocycles. The first-order valence-corrected chi connectivity index (χ1v) is 7.51. The van der Waals surface area contributed by atoms with Gasteiger partial charge in [-0.25, -0.2) is 0 Å². The van der Waals surface area contributed by atoms with Crippen LogP contribution in [0.4, 0.5) is 0 Å². The molecule has 0 bridgehead atoms. The van der Waals surface area contributed by atoms with E-state index in [2.05, 4.69) is 18.9 Å². The van der Waals surface area contributed by atoms with E-state index >= 15 is 0 Å². The van der Waals surface area contributed by atoms with Crippen LogP contribution in [-0.4, -0.2) is 62.1 Å². The zero-order valence-electron chi connectivity index (χ0n) is 12.9. The van der Waals surface area contributed by atoms with Crippen molar-refractivity contribution in [1.29, 1.82) is 0 Å². The van der Waals surface area contributed by atoms with Gasteiger partial charge in [0.2, 0.25) is 0 Å². The molecule has 0 atom stereocenters. The minimum atomic E-state index is 0.0444. The lowest BCUT2D eigenvalue weighted by Crippen LogP contribution is -2.48. The standard InChI is InChI=1S/C16H24N2O3/c1-3-11-20-14-5-4-6-15(12-14)21-13-16(19)18-9-7-17(2)8-10-18/h4-6,12H,3,7-11,13H2,1-2H3. The van der Waals surface area contributed by atoms with Crippen molar-refractivity contribution in [2.75, 3.05) is 46.4 Å². The monoisotopic (exact) mass is 292 g/mol. The van der Waals surface area contributed by atoms with Crippen molar-refractivity contribution in [2.24, 2.45) is 0 Å². The second kappa shape index (κ2) is 7.88. The molecule has 0 N–H and O–H groups in total. The lowest BCUT2D eigenvalue weighted by molar-refractivity contribution is -0.134. The van der Waals surface area contributed by atoms with E-state index in [1.165, 1.54) is 0 Å². The van der Waals surface area contributed by atoms with Crippen molar-refractivity contribution in [2.45, 2.75) is 13.3 Å². The molecular formula is C16H24N2O3. The summed E-state index contributed by atoms with van der Waals surface area (Å²) in [6.45, 7) is 6.23. The second-order valence-electron chi connectivity index (χ2n) is 5.30. The first kappa shape index (κ1) is 15.6. The summed E-state index contributed by atoms with van der Waals surface area (Å²) in [6.07, 6.45) is 0.965. The Kier molecular flexibility index (Phi) is 5.87. The van der Waals surface area contributed by atoms with Gasteiger partial charge in [-0.1, -0.05) is 13.0 Å². The molecule has 0 unspecified atom stereocenters. The molecule has 1 saturated heterocycles. The average molecular weight is 292 g/mol. The number of piperazine rings is 1. The van der Waals surface area contributed by atoms with Gasteiger partial charge in [-0.05, 0) is 25.6 Å². The van der Waals surface area contributed by atoms with Gasteiger partial charge in [0.15, 0.2) is 6.61 Å². The van der Waals surface area contributed by atoms with Gasteiger partial charge in [-0.15, -0.1) is 0 Å². The molecule has 1 fully saturated rings. The van der Waals surface area contributed by atoms with Crippen LogP contribution in [0.1, 0.15) is 13.3 Å². The fourth-order valence-corrected chi connectivity index (χ4v) is 2.17. The van der Waals surface area contributed by atoms with E-state index in [4.69, 9.17) is 9.47 Å². The third-order valence-corrected chi connectivity index (χ3v) is 3.50. The van der Waals surface area contributed by atoms with Crippen molar-refractivity contribution in [3.63, 3.8) is 0 Å². The predicted molar refractivity (Wildman–Crippen MR) is 81.8 cm³/mol. The first-order valence-electron chi connectivity index (χ1n) is 7.51. The molecule has 1 aliphatic rings. The number of benzene rings is 1. The Morgan fingerprint density at radius 1 is 1.14 bits per heavy atom. The highest BCUT2D eigenvalue weighted by Gasteiger charge is 2.19. The number of amides is 1. The summed E-state index contributed by atoms with van der Waals surface area (Å²) < 4.78 is 11.1. The van der Waals surface area contributed by atoms with E-state index in [9.17, 15) is 4.79 Å². The smallest absolute Gasteiger partial charge is 0.260 e. The Balaban J connectivity index is 1.80. The summed E-state index contributed by atoms with van der Waals surface area (Å²) in [5.74, 6) is 1.50. The zero-order valence-corrected chi connectivity index (χ0v) is 12.9. The Morgan fingerprint density at radius 2 is 1.81 bits per heavy atom. The molecule has 5 nitrogen and oxygen atoms in total. The number of carbonyl (C=O) groups is 1. The SMILES string of the molecule is CCCOc1cccc(OCC(=O)N2CCN(C)CC2)c1. The summed E-state index contributed by atoms with van der Waals surface area (Å²) in [7, 11) is 2.07. The summed E-state index contributed by atoms with van der Waals surface area (Å²) in [5.41, 5.74) is 0. The van der Waals surface area contributed by atoms with Crippen molar-refractivity contribution < 1.29 is 14.3 Å². The van der Waals surface area contributed by atoms with Crippen molar-refractivity contribution in [3.8, 4) is 11.5 Å². The normalized spacial score (nSPS) is 15.8. The van der Waals surface area contributed by atoms with Crippen molar-refractivity contribution in [3.05, 3.63) is 24.3 Å². The first-order chi connectivity index (χ1) is 10.2. The van der Waals surface area contributed by atoms with Gasteiger partial charge < -0.3 is 19.3 Å². The highest BCUT2D eigenvalue weighted by Crippen LogP contribution is 2.19. The molecule has 0 aromatic heterocycles. The van der Waals surface area contributed by atoms with Crippen LogP contribution < -0.4 is 9.47 Å². The third-order valence-electron chi connectivity index (χ3n) is 3.50. The summed E-state index contributed by atoms with van der Waals surface area (Å²) in [6, 6.07) is 7.44. The molecule has 21 heavy (non-hydrogen) atoms. The summed E-state index contributed by atoms with van der Waals surface area (Å²) >= 11 is 0. The van der Waals surface area contributed by atoms with E-state index in [1.54, 1.807) is 0 Å². The number of carbonyl (C=O) groups excluding carboxylic acids is 1. The maximum atomic E-state index is 12.1. The highest BCUT2D eigenvalue weighted by molar-refractivity contribution is 5.77. The van der Waals surface area contributed by atoms with Crippen molar-refractivity contribution in [1.82, 2.24) is 9.80 Å². The fourth-order valence-electron chi connectivity index (χ4n) is 2.17. The highest BCUT2D eigenvalue weighted by atomic mass is 16.5. The molecule has 1 aromatic rings. The fraction of sp³-hybridized carbons (Fsp3) is 0.562. The molecule has 0 saturated carbocycles. The van der Waals surface area contributed by atoms with Crippen molar-refractivity contribution >= 4 is 5.91 Å². The van der Waals surface area contributed by atoms with Crippen LogP contribution in [0, 0.1) is 0 Å². The molecule has 1 amide bonds. The molecule has 0 aliphatic carbocycles. The van der Waals surface area contributed by atoms with Crippen LogP contribution in [0.25, 0.3) is 0 Å².